The number of amides is 1. The van der Waals surface area contributed by atoms with Crippen molar-refractivity contribution >= 4 is 11.6 Å². The molecule has 2 rings (SSSR count). The van der Waals surface area contributed by atoms with E-state index in [0.29, 0.717) is 0 Å². The molecular weight excluding hydrogens is 242 g/mol. The highest BCUT2D eigenvalue weighted by molar-refractivity contribution is 6.02. The maximum atomic E-state index is 11.6. The lowest BCUT2D eigenvalue weighted by Gasteiger charge is -2.01. The predicted molar refractivity (Wildman–Crippen MR) is 60.5 cm³/mol. The Bertz CT molecular complexity index is 736. The summed E-state index contributed by atoms with van der Waals surface area (Å²) in [5.74, 6) is -0.691. The Morgan fingerprint density at radius 3 is 2.61 bits per heavy atom. The van der Waals surface area contributed by atoms with Crippen molar-refractivity contribution in [1.29, 1.82) is 0 Å². The summed E-state index contributed by atoms with van der Waals surface area (Å²) in [5.41, 5.74) is -2.07. The van der Waals surface area contributed by atoms with Crippen molar-refractivity contribution in [2.45, 2.75) is 0 Å². The topological polar surface area (TPSA) is 141 Å². The van der Waals surface area contributed by atoms with Crippen molar-refractivity contribution in [1.82, 2.24) is 20.2 Å². The van der Waals surface area contributed by atoms with Crippen LogP contribution < -0.4 is 22.1 Å². The number of nitrogens with one attached hydrogen (secondary N) is 4. The molecule has 0 aliphatic rings. The highest BCUT2D eigenvalue weighted by Gasteiger charge is 2.10. The highest BCUT2D eigenvalue weighted by atomic mass is 16.2. The molecule has 0 saturated heterocycles. The van der Waals surface area contributed by atoms with Gasteiger partial charge in [0.05, 0.1) is 0 Å². The normalized spacial score (nSPS) is 10.0. The fraction of sp³-hybridized carbons (Fsp3) is 0. The van der Waals surface area contributed by atoms with Gasteiger partial charge in [0.2, 0.25) is 0 Å². The van der Waals surface area contributed by atoms with Crippen LogP contribution in [0.1, 0.15) is 10.5 Å². The molecule has 2 aromatic rings. The van der Waals surface area contributed by atoms with Crippen LogP contribution in [0.4, 0.5) is 5.69 Å². The van der Waals surface area contributed by atoms with Crippen LogP contribution in [0.3, 0.4) is 0 Å². The number of aromatic nitrogens is 4. The minimum Gasteiger partial charge on any atom is -0.315 e. The van der Waals surface area contributed by atoms with Gasteiger partial charge in [0.1, 0.15) is 11.4 Å². The minimum absolute atomic E-state index is 0.0693. The first-order valence-electron chi connectivity index (χ1n) is 4.75. The van der Waals surface area contributed by atoms with Gasteiger partial charge in [-0.2, -0.15) is 5.10 Å². The molecule has 9 heteroatoms. The number of H-pyrrole nitrogens is 3. The third kappa shape index (κ3) is 2.40. The molecule has 9 nitrogen and oxygen atoms in total. The Labute approximate surface area is 97.9 Å². The standard InChI is InChI=1S/C9H7N5O4/c15-6-2-1-4(13-14-6)7(16)11-5-3-10-9(18)12-8(5)17/h1-3H,(H,11,16)(H,14,15)(H2,10,12,17,18). The molecule has 2 aromatic heterocycles. The molecule has 0 spiro atoms. The van der Waals surface area contributed by atoms with Gasteiger partial charge < -0.3 is 10.3 Å². The Hall–Kier alpha value is -2.97. The van der Waals surface area contributed by atoms with E-state index in [4.69, 9.17) is 0 Å². The second kappa shape index (κ2) is 4.49. The van der Waals surface area contributed by atoms with Crippen LogP contribution in [0.15, 0.2) is 32.7 Å². The molecule has 0 saturated carbocycles. The first kappa shape index (κ1) is 11.5. The predicted octanol–water partition coefficient (Wildman–Crippen LogP) is -1.60. The molecule has 0 aliphatic carbocycles. The number of hydrogen-bond donors (Lipinski definition) is 4. The van der Waals surface area contributed by atoms with Crippen LogP contribution >= 0.6 is 0 Å². The highest BCUT2D eigenvalue weighted by Crippen LogP contribution is 1.97. The fourth-order valence-electron chi connectivity index (χ4n) is 1.16. The van der Waals surface area contributed by atoms with Gasteiger partial charge in [0, 0.05) is 12.3 Å². The quantitative estimate of drug-likeness (QED) is 0.507. The maximum absolute atomic E-state index is 11.6. The third-order valence-corrected chi connectivity index (χ3v) is 1.98. The summed E-state index contributed by atoms with van der Waals surface area (Å²) in [7, 11) is 0. The van der Waals surface area contributed by atoms with Crippen molar-refractivity contribution < 1.29 is 4.79 Å². The molecule has 0 radical (unpaired) electrons. The third-order valence-electron chi connectivity index (χ3n) is 1.98. The van der Waals surface area contributed by atoms with Crippen molar-refractivity contribution in [3.8, 4) is 0 Å². The summed E-state index contributed by atoms with van der Waals surface area (Å²) < 4.78 is 0. The monoisotopic (exact) mass is 249 g/mol. The molecular formula is C9H7N5O4. The largest absolute Gasteiger partial charge is 0.325 e. The van der Waals surface area contributed by atoms with E-state index in [1.807, 2.05) is 4.98 Å². The lowest BCUT2D eigenvalue weighted by Crippen LogP contribution is -2.27. The number of nitrogens with zero attached hydrogens (tertiary/aromatic N) is 1. The van der Waals surface area contributed by atoms with E-state index in [0.717, 1.165) is 12.3 Å². The Kier molecular flexibility index (Phi) is 2.87. The van der Waals surface area contributed by atoms with Crippen molar-refractivity contribution in [2.75, 3.05) is 5.32 Å². The van der Waals surface area contributed by atoms with Crippen LogP contribution in [0.2, 0.25) is 0 Å². The summed E-state index contributed by atoms with van der Waals surface area (Å²) in [6.07, 6.45) is 1.06. The molecule has 92 valence electrons. The van der Waals surface area contributed by atoms with Gasteiger partial charge in [0.25, 0.3) is 17.0 Å². The van der Waals surface area contributed by atoms with Gasteiger partial charge in [-0.3, -0.25) is 19.4 Å². The van der Waals surface area contributed by atoms with E-state index in [1.165, 1.54) is 6.07 Å². The lowest BCUT2D eigenvalue weighted by molar-refractivity contribution is 0.102. The zero-order chi connectivity index (χ0) is 13.1. The second-order valence-electron chi connectivity index (χ2n) is 3.25. The molecule has 0 atom stereocenters. The van der Waals surface area contributed by atoms with E-state index in [1.54, 1.807) is 0 Å². The van der Waals surface area contributed by atoms with Gasteiger partial charge in [-0.25, -0.2) is 9.89 Å². The summed E-state index contributed by atoms with van der Waals surface area (Å²) in [5, 5.41) is 7.80. The SMILES string of the molecule is O=C(Nc1c[nH]c(=O)[nH]c1=O)c1ccc(=O)[nH]n1. The molecule has 2 heterocycles. The van der Waals surface area contributed by atoms with Gasteiger partial charge in [-0.15, -0.1) is 0 Å². The van der Waals surface area contributed by atoms with Gasteiger partial charge >= 0.3 is 5.69 Å². The van der Waals surface area contributed by atoms with E-state index in [2.05, 4.69) is 20.5 Å². The average molecular weight is 249 g/mol. The van der Waals surface area contributed by atoms with E-state index >= 15 is 0 Å². The van der Waals surface area contributed by atoms with E-state index < -0.39 is 22.7 Å². The number of rotatable bonds is 2. The molecule has 0 bridgehead atoms. The summed E-state index contributed by atoms with van der Waals surface area (Å²) in [4.78, 5) is 48.6. The van der Waals surface area contributed by atoms with Crippen LogP contribution in [0, 0.1) is 0 Å². The molecule has 18 heavy (non-hydrogen) atoms. The summed E-state index contributed by atoms with van der Waals surface area (Å²) in [6.45, 7) is 0. The van der Waals surface area contributed by atoms with E-state index in [9.17, 15) is 19.2 Å². The number of carbonyl (C=O) groups excluding carboxylic acids is 1. The smallest absolute Gasteiger partial charge is 0.315 e. The molecule has 1 amide bonds. The van der Waals surface area contributed by atoms with Crippen molar-refractivity contribution in [3.05, 3.63) is 55.2 Å². The molecule has 0 aliphatic heterocycles. The lowest BCUT2D eigenvalue weighted by atomic mass is 10.3. The Morgan fingerprint density at radius 1 is 1.22 bits per heavy atom. The number of aromatic amines is 3. The fourth-order valence-corrected chi connectivity index (χ4v) is 1.16. The van der Waals surface area contributed by atoms with Crippen LogP contribution in [-0.2, 0) is 0 Å². The minimum atomic E-state index is -0.739. The van der Waals surface area contributed by atoms with Crippen LogP contribution in [0.25, 0.3) is 0 Å². The van der Waals surface area contributed by atoms with Gasteiger partial charge in [-0.1, -0.05) is 0 Å². The molecule has 0 fully saturated rings. The Morgan fingerprint density at radius 2 is 2.00 bits per heavy atom. The van der Waals surface area contributed by atoms with E-state index in [-0.39, 0.29) is 11.4 Å². The van der Waals surface area contributed by atoms with Crippen molar-refractivity contribution in [3.63, 3.8) is 0 Å². The summed E-state index contributed by atoms with van der Waals surface area (Å²) >= 11 is 0. The van der Waals surface area contributed by atoms with Gasteiger partial charge in [0.15, 0.2) is 0 Å². The maximum Gasteiger partial charge on any atom is 0.325 e. The second-order valence-corrected chi connectivity index (χ2v) is 3.25. The number of hydrogen-bond acceptors (Lipinski definition) is 5. The molecule has 0 unspecified atom stereocenters. The van der Waals surface area contributed by atoms with Crippen molar-refractivity contribution in [2.24, 2.45) is 0 Å². The van der Waals surface area contributed by atoms with Crippen LogP contribution in [-0.4, -0.2) is 26.1 Å². The van der Waals surface area contributed by atoms with Crippen LogP contribution in [0.5, 0.6) is 0 Å². The first-order valence-corrected chi connectivity index (χ1v) is 4.75. The zero-order valence-corrected chi connectivity index (χ0v) is 8.81. The average Bonchev–Trinajstić information content (AvgIpc) is 2.33. The summed E-state index contributed by atoms with van der Waals surface area (Å²) in [6, 6.07) is 2.33. The Balaban J connectivity index is 2.26. The number of carbonyl (C=O) groups is 1. The zero-order valence-electron chi connectivity index (χ0n) is 8.81. The number of anilines is 1. The first-order chi connectivity index (χ1) is 8.56. The molecule has 4 N–H and O–H groups in total. The van der Waals surface area contributed by atoms with Gasteiger partial charge in [-0.05, 0) is 6.07 Å². The molecule has 0 aromatic carbocycles.